The Morgan fingerprint density at radius 2 is 1.30 bits per heavy atom. The summed E-state index contributed by atoms with van der Waals surface area (Å²) in [6, 6.07) is 0. The number of carbonyl (C=O) groups is 1. The Morgan fingerprint density at radius 3 is 1.74 bits per heavy atom. The molecular formula is C37H74N2O3S. The highest BCUT2D eigenvalue weighted by Crippen LogP contribution is 2.24. The molecule has 0 saturated carbocycles. The second-order valence-corrected chi connectivity index (χ2v) is 12.1. The zero-order valence-electron chi connectivity index (χ0n) is 30.4. The van der Waals surface area contributed by atoms with Crippen molar-refractivity contribution < 1.29 is 14.3 Å². The van der Waals surface area contributed by atoms with Crippen LogP contribution in [-0.4, -0.2) is 29.8 Å². The van der Waals surface area contributed by atoms with Crippen LogP contribution < -0.4 is 0 Å². The van der Waals surface area contributed by atoms with Crippen LogP contribution in [0.4, 0.5) is 0 Å². The topological polar surface area (TPSA) is 71.7 Å². The lowest BCUT2D eigenvalue weighted by molar-refractivity contribution is -0.161. The molecule has 0 aliphatic carbocycles. The van der Waals surface area contributed by atoms with Gasteiger partial charge in [0.05, 0.1) is 6.61 Å². The van der Waals surface area contributed by atoms with E-state index in [2.05, 4.69) is 64.8 Å². The Hall–Kier alpha value is -1.30. The van der Waals surface area contributed by atoms with Gasteiger partial charge in [0.15, 0.2) is 0 Å². The van der Waals surface area contributed by atoms with E-state index in [9.17, 15) is 4.79 Å². The molecule has 1 atom stereocenters. The van der Waals surface area contributed by atoms with Gasteiger partial charge in [0, 0.05) is 6.42 Å². The van der Waals surface area contributed by atoms with Crippen molar-refractivity contribution in [3.05, 3.63) is 11.6 Å². The van der Waals surface area contributed by atoms with Crippen molar-refractivity contribution in [3.63, 3.8) is 0 Å². The number of ether oxygens (including phenoxy) is 2. The maximum atomic E-state index is 11.9. The summed E-state index contributed by atoms with van der Waals surface area (Å²) >= 11 is 3.98. The van der Waals surface area contributed by atoms with Gasteiger partial charge in [-0.1, -0.05) is 145 Å². The summed E-state index contributed by atoms with van der Waals surface area (Å²) in [6.07, 6.45) is 24.2. The molecule has 0 rings (SSSR count). The average Bonchev–Trinajstić information content (AvgIpc) is 3.00. The van der Waals surface area contributed by atoms with Crippen LogP contribution in [0, 0.1) is 11.3 Å². The van der Waals surface area contributed by atoms with Gasteiger partial charge in [0.25, 0.3) is 0 Å². The van der Waals surface area contributed by atoms with E-state index < -0.39 is 0 Å². The van der Waals surface area contributed by atoms with Crippen LogP contribution in [0.5, 0.6) is 0 Å². The quantitative estimate of drug-likeness (QED) is 0.0368. The molecule has 0 spiro atoms. The van der Waals surface area contributed by atoms with E-state index in [1.165, 1.54) is 64.2 Å². The summed E-state index contributed by atoms with van der Waals surface area (Å²) in [6.45, 7) is 21.6. The molecule has 0 saturated heterocycles. The Bertz CT molecular complexity index is 704. The maximum Gasteiger partial charge on any atom is 0.306 e. The molecule has 1 N–H and O–H groups in total. The zero-order chi connectivity index (χ0) is 33.4. The summed E-state index contributed by atoms with van der Waals surface area (Å²) in [5.41, 5.74) is 1.30. The molecule has 256 valence electrons. The fourth-order valence-corrected chi connectivity index (χ4v) is 4.67. The first kappa shape index (κ1) is 46.1. The van der Waals surface area contributed by atoms with Gasteiger partial charge in [-0.05, 0) is 70.3 Å². The van der Waals surface area contributed by atoms with E-state index in [4.69, 9.17) is 14.9 Å². The lowest BCUT2D eigenvalue weighted by Gasteiger charge is -2.31. The van der Waals surface area contributed by atoms with Gasteiger partial charge < -0.3 is 9.47 Å². The van der Waals surface area contributed by atoms with Crippen LogP contribution in [0.25, 0.3) is 0 Å². The minimum atomic E-state index is -0.329. The highest BCUT2D eigenvalue weighted by Gasteiger charge is 2.28. The fourth-order valence-electron chi connectivity index (χ4n) is 4.45. The number of nitrogens with zero attached hydrogens (tertiary/aromatic N) is 1. The molecule has 43 heavy (non-hydrogen) atoms. The summed E-state index contributed by atoms with van der Waals surface area (Å²) in [7, 11) is 0. The molecular weight excluding hydrogens is 552 g/mol. The van der Waals surface area contributed by atoms with Gasteiger partial charge in [0.1, 0.15) is 11.3 Å². The molecule has 0 aromatic carbocycles. The van der Waals surface area contributed by atoms with Crippen LogP contribution >= 0.6 is 12.8 Å². The first-order valence-electron chi connectivity index (χ1n) is 18.0. The number of unbranched alkanes of at least 4 members (excludes halogenated alkanes) is 13. The Kier molecular flexibility index (Phi) is 36.0. The molecule has 0 amide bonds. The first-order valence-corrected chi connectivity index (χ1v) is 18.4. The summed E-state index contributed by atoms with van der Waals surface area (Å²) in [5.74, 6) is 0.532. The van der Waals surface area contributed by atoms with Gasteiger partial charge in [-0.15, -0.1) is 0 Å². The van der Waals surface area contributed by atoms with E-state index in [1.807, 2.05) is 27.7 Å². The molecule has 0 radical (unpaired) electrons. The third kappa shape index (κ3) is 28.0. The van der Waals surface area contributed by atoms with E-state index in [0.29, 0.717) is 24.7 Å². The van der Waals surface area contributed by atoms with E-state index in [1.54, 1.807) is 0 Å². The second-order valence-electron chi connectivity index (χ2n) is 11.9. The largest absolute Gasteiger partial charge is 0.477 e. The van der Waals surface area contributed by atoms with E-state index in [-0.39, 0.29) is 17.5 Å². The molecule has 6 heteroatoms. The van der Waals surface area contributed by atoms with Gasteiger partial charge in [0.2, 0.25) is 5.90 Å². The minimum Gasteiger partial charge on any atom is -0.477 e. The lowest BCUT2D eigenvalue weighted by atomic mass is 9.90. The number of rotatable bonds is 24. The number of hydrogen-bond acceptors (Lipinski definition) is 6. The molecule has 0 fully saturated rings. The monoisotopic (exact) mass is 627 g/mol. The molecule has 0 aliphatic rings. The highest BCUT2D eigenvalue weighted by atomic mass is 32.1. The molecule has 5 nitrogen and oxygen atoms in total. The number of allylic oxidation sites excluding steroid dienone is 1. The van der Waals surface area contributed by atoms with E-state index in [0.717, 1.165) is 56.9 Å². The van der Waals surface area contributed by atoms with Crippen molar-refractivity contribution in [1.29, 1.82) is 5.41 Å². The molecule has 1 unspecified atom stereocenters. The van der Waals surface area contributed by atoms with Crippen LogP contribution in [0.15, 0.2) is 16.0 Å². The Morgan fingerprint density at radius 1 is 0.814 bits per heavy atom. The third-order valence-electron chi connectivity index (χ3n) is 7.83. The number of thiol groups is 1. The smallest absolute Gasteiger partial charge is 0.306 e. The normalized spacial score (nSPS) is 12.4. The highest BCUT2D eigenvalue weighted by molar-refractivity contribution is 7.79. The van der Waals surface area contributed by atoms with E-state index >= 15 is 0 Å². The Balaban J connectivity index is -0.000000710. The van der Waals surface area contributed by atoms with Crippen LogP contribution in [0.1, 0.15) is 191 Å². The van der Waals surface area contributed by atoms with Gasteiger partial charge in [-0.3, -0.25) is 10.2 Å². The number of esters is 1. The van der Waals surface area contributed by atoms with Crippen LogP contribution in [0.3, 0.4) is 0 Å². The van der Waals surface area contributed by atoms with Gasteiger partial charge in [-0.25, -0.2) is 4.40 Å². The minimum absolute atomic E-state index is 0.0233. The Labute approximate surface area is 274 Å². The van der Waals surface area contributed by atoms with Gasteiger partial charge in [-0.2, -0.15) is 0 Å². The average molecular weight is 627 g/mol. The number of nitrogens with one attached hydrogen (secondary N) is 1. The van der Waals surface area contributed by atoms with Crippen molar-refractivity contribution in [2.24, 2.45) is 10.3 Å². The molecule has 0 aliphatic heterocycles. The lowest BCUT2D eigenvalue weighted by Crippen LogP contribution is -2.34. The van der Waals surface area contributed by atoms with Crippen molar-refractivity contribution in [2.45, 2.75) is 197 Å². The van der Waals surface area contributed by atoms with Crippen molar-refractivity contribution in [2.75, 3.05) is 6.61 Å². The van der Waals surface area contributed by atoms with Crippen LogP contribution in [0.2, 0.25) is 0 Å². The molecule has 0 heterocycles. The molecule has 0 aromatic rings. The van der Waals surface area contributed by atoms with Gasteiger partial charge >= 0.3 is 5.97 Å². The predicted molar refractivity (Wildman–Crippen MR) is 195 cm³/mol. The van der Waals surface area contributed by atoms with Crippen molar-refractivity contribution in [3.8, 4) is 0 Å². The number of hydrogen-bond donors (Lipinski definition) is 2. The molecule has 0 bridgehead atoms. The zero-order valence-corrected chi connectivity index (χ0v) is 31.3. The first-order chi connectivity index (χ1) is 20.6. The predicted octanol–water partition coefficient (Wildman–Crippen LogP) is 12.7. The second kappa shape index (κ2) is 33.6. The summed E-state index contributed by atoms with van der Waals surface area (Å²) in [5, 5.41) is 7.95. The molecule has 0 aromatic heterocycles. The van der Waals surface area contributed by atoms with Crippen molar-refractivity contribution >= 4 is 30.4 Å². The SMILES string of the molecule is CC.CCC/C=C(CC)/C(=N/S)C(=N)OCCCCCC.CCCCCCCCCCCCC(=O)OC(C)(C)C(C)CC. The third-order valence-corrected chi connectivity index (χ3v) is 8.03. The summed E-state index contributed by atoms with van der Waals surface area (Å²) in [4.78, 5) is 11.9. The number of carbonyl (C=O) groups excluding carboxylic acids is 1. The summed E-state index contributed by atoms with van der Waals surface area (Å²) < 4.78 is 15.0. The maximum absolute atomic E-state index is 11.9. The standard InChI is InChI=1S/C20H40O2.C15H28N2OS.C2H6/c1-6-8-9-10-11-12-13-14-15-16-17-19(21)22-20(4,5)18(3)7-2;1-4-7-9-10-12-18-15(16)14(17-19)13(6-3)11-8-5-2;1-2/h18H,6-17H2,1-5H3;11,16,19H,4-10,12H2,1-3H3;1-2H3/b;13-11+,16-15?,17-14-;. The van der Waals surface area contributed by atoms with Crippen LogP contribution in [-0.2, 0) is 14.3 Å². The fraction of sp³-hybridized carbons (Fsp3) is 0.865. The van der Waals surface area contributed by atoms with Crippen molar-refractivity contribution in [1.82, 2.24) is 0 Å².